The van der Waals surface area contributed by atoms with Gasteiger partial charge in [-0.15, -0.1) is 18.3 Å². The number of hydrogen-bond donors (Lipinski definition) is 0. The highest BCUT2D eigenvalue weighted by atomic mass is 32.2. The normalized spacial score (nSPS) is 14.4. The SMILES string of the molecule is C=CCSC(CC)(C[N+](=O)[O-])C(C)=O. The summed E-state index contributed by atoms with van der Waals surface area (Å²) in [7, 11) is 0. The van der Waals surface area contributed by atoms with Gasteiger partial charge in [-0.1, -0.05) is 13.0 Å². The van der Waals surface area contributed by atoms with Crippen molar-refractivity contribution in [1.29, 1.82) is 0 Å². The zero-order valence-corrected chi connectivity index (χ0v) is 9.30. The molecular formula is C9H15NO3S. The molecule has 0 spiro atoms. The van der Waals surface area contributed by atoms with Gasteiger partial charge < -0.3 is 0 Å². The maximum atomic E-state index is 11.4. The molecule has 0 aromatic rings. The number of nitrogens with zero attached hydrogens (tertiary/aromatic N) is 1. The second-order valence-corrected chi connectivity index (χ2v) is 4.40. The molecule has 0 aliphatic carbocycles. The van der Waals surface area contributed by atoms with Crippen molar-refractivity contribution < 1.29 is 9.72 Å². The van der Waals surface area contributed by atoms with Crippen LogP contribution in [-0.4, -0.2) is 27.8 Å². The summed E-state index contributed by atoms with van der Waals surface area (Å²) >= 11 is 1.30. The van der Waals surface area contributed by atoms with Crippen LogP contribution >= 0.6 is 11.8 Å². The summed E-state index contributed by atoms with van der Waals surface area (Å²) in [5.74, 6) is 0.421. The first kappa shape index (κ1) is 13.2. The lowest BCUT2D eigenvalue weighted by atomic mass is 10.0. The Morgan fingerprint density at radius 2 is 2.29 bits per heavy atom. The van der Waals surface area contributed by atoms with Crippen LogP contribution in [0, 0.1) is 10.1 Å². The van der Waals surface area contributed by atoms with Gasteiger partial charge in [0.25, 0.3) is 0 Å². The van der Waals surface area contributed by atoms with Crippen LogP contribution < -0.4 is 0 Å². The zero-order chi connectivity index (χ0) is 11.2. The molecule has 1 atom stereocenters. The van der Waals surface area contributed by atoms with E-state index in [1.807, 2.05) is 0 Å². The Morgan fingerprint density at radius 1 is 1.71 bits per heavy atom. The van der Waals surface area contributed by atoms with Crippen molar-refractivity contribution in [3.8, 4) is 0 Å². The molecule has 0 saturated carbocycles. The molecule has 0 radical (unpaired) electrons. The minimum atomic E-state index is -0.877. The van der Waals surface area contributed by atoms with Crippen LogP contribution in [-0.2, 0) is 4.79 Å². The van der Waals surface area contributed by atoms with Gasteiger partial charge in [-0.25, -0.2) is 0 Å². The highest BCUT2D eigenvalue weighted by Gasteiger charge is 2.39. The van der Waals surface area contributed by atoms with E-state index in [1.54, 1.807) is 13.0 Å². The molecule has 0 aliphatic heterocycles. The standard InChI is InChI=1S/C9H15NO3S/c1-4-6-14-9(5-2,8(3)11)7-10(12)13/h4H,1,5-7H2,2-3H3. The van der Waals surface area contributed by atoms with Crippen molar-refractivity contribution >= 4 is 17.5 Å². The van der Waals surface area contributed by atoms with E-state index in [-0.39, 0.29) is 12.3 Å². The summed E-state index contributed by atoms with van der Waals surface area (Å²) in [4.78, 5) is 21.4. The lowest BCUT2D eigenvalue weighted by molar-refractivity contribution is -0.482. The van der Waals surface area contributed by atoms with E-state index in [2.05, 4.69) is 6.58 Å². The van der Waals surface area contributed by atoms with Crippen molar-refractivity contribution in [2.75, 3.05) is 12.3 Å². The molecule has 14 heavy (non-hydrogen) atoms. The zero-order valence-electron chi connectivity index (χ0n) is 8.49. The van der Waals surface area contributed by atoms with E-state index >= 15 is 0 Å². The summed E-state index contributed by atoms with van der Waals surface area (Å²) in [6.07, 6.45) is 2.12. The first-order valence-electron chi connectivity index (χ1n) is 4.36. The average molecular weight is 217 g/mol. The number of nitro groups is 1. The lowest BCUT2D eigenvalue weighted by Crippen LogP contribution is -2.40. The molecule has 0 N–H and O–H groups in total. The Hall–Kier alpha value is -0.840. The largest absolute Gasteiger partial charge is 0.298 e. The number of hydrogen-bond acceptors (Lipinski definition) is 4. The number of ketones is 1. The third-order valence-electron chi connectivity index (χ3n) is 2.07. The Bertz CT molecular complexity index is 242. The summed E-state index contributed by atoms with van der Waals surface area (Å²) < 4.78 is -0.877. The minimum absolute atomic E-state index is 0.136. The van der Waals surface area contributed by atoms with E-state index < -0.39 is 9.67 Å². The maximum Gasteiger partial charge on any atom is 0.225 e. The first-order chi connectivity index (χ1) is 6.48. The predicted molar refractivity (Wildman–Crippen MR) is 58.2 cm³/mol. The molecule has 0 heterocycles. The number of carbonyl (C=O) groups excluding carboxylic acids is 1. The molecule has 0 aromatic carbocycles. The predicted octanol–water partition coefficient (Wildman–Crippen LogP) is 1.92. The first-order valence-corrected chi connectivity index (χ1v) is 5.34. The molecule has 0 rings (SSSR count). The Morgan fingerprint density at radius 3 is 2.57 bits per heavy atom. The Balaban J connectivity index is 4.68. The summed E-state index contributed by atoms with van der Waals surface area (Å²) in [5, 5.41) is 10.5. The second kappa shape index (κ2) is 5.80. The van der Waals surface area contributed by atoms with Crippen molar-refractivity contribution in [2.24, 2.45) is 0 Å². The van der Waals surface area contributed by atoms with Crippen molar-refractivity contribution in [3.63, 3.8) is 0 Å². The third kappa shape index (κ3) is 3.49. The van der Waals surface area contributed by atoms with Crippen LogP contribution in [0.3, 0.4) is 0 Å². The van der Waals surface area contributed by atoms with Crippen LogP contribution in [0.2, 0.25) is 0 Å². The van der Waals surface area contributed by atoms with Gasteiger partial charge in [0, 0.05) is 10.7 Å². The van der Waals surface area contributed by atoms with Crippen LogP contribution in [0.5, 0.6) is 0 Å². The van der Waals surface area contributed by atoms with Gasteiger partial charge in [0.05, 0.1) is 0 Å². The second-order valence-electron chi connectivity index (χ2n) is 2.99. The highest BCUT2D eigenvalue weighted by molar-refractivity contribution is 8.01. The average Bonchev–Trinajstić information content (AvgIpc) is 2.11. The van der Waals surface area contributed by atoms with Crippen LogP contribution in [0.4, 0.5) is 0 Å². The van der Waals surface area contributed by atoms with E-state index in [0.29, 0.717) is 12.2 Å². The monoisotopic (exact) mass is 217 g/mol. The summed E-state index contributed by atoms with van der Waals surface area (Å²) in [6.45, 7) is 6.42. The molecule has 1 unspecified atom stereocenters. The van der Waals surface area contributed by atoms with E-state index in [1.165, 1.54) is 18.7 Å². The fourth-order valence-corrected chi connectivity index (χ4v) is 2.19. The topological polar surface area (TPSA) is 60.2 Å². The van der Waals surface area contributed by atoms with E-state index in [9.17, 15) is 14.9 Å². The van der Waals surface area contributed by atoms with Gasteiger partial charge >= 0.3 is 0 Å². The van der Waals surface area contributed by atoms with E-state index in [0.717, 1.165) is 0 Å². The molecule has 5 heteroatoms. The van der Waals surface area contributed by atoms with Crippen molar-refractivity contribution in [2.45, 2.75) is 25.0 Å². The van der Waals surface area contributed by atoms with Gasteiger partial charge in [-0.2, -0.15) is 0 Å². The molecule has 0 amide bonds. The van der Waals surface area contributed by atoms with Gasteiger partial charge in [-0.3, -0.25) is 14.9 Å². The lowest BCUT2D eigenvalue weighted by Gasteiger charge is -2.24. The molecule has 0 aromatic heterocycles. The molecule has 80 valence electrons. The fourth-order valence-electron chi connectivity index (χ4n) is 1.15. The van der Waals surface area contributed by atoms with Crippen LogP contribution in [0.25, 0.3) is 0 Å². The molecule has 0 bridgehead atoms. The van der Waals surface area contributed by atoms with Gasteiger partial charge in [0.1, 0.15) is 4.75 Å². The van der Waals surface area contributed by atoms with Gasteiger partial charge in [-0.05, 0) is 13.3 Å². The minimum Gasteiger partial charge on any atom is -0.298 e. The molecule has 0 fully saturated rings. The van der Waals surface area contributed by atoms with Crippen molar-refractivity contribution in [1.82, 2.24) is 0 Å². The highest BCUT2D eigenvalue weighted by Crippen LogP contribution is 2.30. The fraction of sp³-hybridized carbons (Fsp3) is 0.667. The Labute approximate surface area is 87.9 Å². The molecule has 4 nitrogen and oxygen atoms in total. The quantitative estimate of drug-likeness (QED) is 0.371. The maximum absolute atomic E-state index is 11.4. The molecular weight excluding hydrogens is 202 g/mol. The Kier molecular flexibility index (Phi) is 5.45. The third-order valence-corrected chi connectivity index (χ3v) is 3.73. The smallest absolute Gasteiger partial charge is 0.225 e. The van der Waals surface area contributed by atoms with Gasteiger partial charge in [0.2, 0.25) is 6.54 Å². The summed E-state index contributed by atoms with van der Waals surface area (Å²) in [5.41, 5.74) is 0. The van der Waals surface area contributed by atoms with Crippen LogP contribution in [0.1, 0.15) is 20.3 Å². The van der Waals surface area contributed by atoms with E-state index in [4.69, 9.17) is 0 Å². The van der Waals surface area contributed by atoms with Crippen molar-refractivity contribution in [3.05, 3.63) is 22.8 Å². The summed E-state index contributed by atoms with van der Waals surface area (Å²) in [6, 6.07) is 0. The van der Waals surface area contributed by atoms with Crippen LogP contribution in [0.15, 0.2) is 12.7 Å². The number of rotatable bonds is 7. The molecule has 0 saturated heterocycles. The number of carbonyl (C=O) groups is 1. The van der Waals surface area contributed by atoms with Gasteiger partial charge in [0.15, 0.2) is 5.78 Å². The molecule has 0 aliphatic rings. The number of Topliss-reactive ketones (excluding diaryl/α,β-unsaturated/α-hetero) is 1. The number of thioether (sulfide) groups is 1.